The molecule has 0 aromatic heterocycles. The fourth-order valence-electron chi connectivity index (χ4n) is 1.22. The molecule has 0 aliphatic carbocycles. The highest BCUT2D eigenvalue weighted by molar-refractivity contribution is 5.85. The number of halogens is 1. The molecule has 1 aromatic carbocycles. The van der Waals surface area contributed by atoms with E-state index in [1.807, 2.05) is 6.92 Å². The Balaban J connectivity index is 0.00000196. The maximum atomic E-state index is 10.9. The summed E-state index contributed by atoms with van der Waals surface area (Å²) in [5.74, 6) is 4.54. The first-order chi connectivity index (χ1) is 6.63. The molecule has 5 heteroatoms. The van der Waals surface area contributed by atoms with E-state index in [4.69, 9.17) is 11.0 Å². The minimum atomic E-state index is -0.439. The molecule has 0 saturated heterocycles. The van der Waals surface area contributed by atoms with Crippen LogP contribution in [0.4, 0.5) is 0 Å². The number of hydrogen-bond acceptors (Lipinski definition) is 4. The Morgan fingerprint density at radius 1 is 1.47 bits per heavy atom. The minimum absolute atomic E-state index is 0. The van der Waals surface area contributed by atoms with Gasteiger partial charge in [-0.2, -0.15) is 5.90 Å². The molecule has 0 aliphatic heterocycles. The van der Waals surface area contributed by atoms with Gasteiger partial charge in [-0.25, -0.2) is 0 Å². The van der Waals surface area contributed by atoms with Gasteiger partial charge in [-0.05, 0) is 23.6 Å². The van der Waals surface area contributed by atoms with Crippen LogP contribution < -0.4 is 5.90 Å². The van der Waals surface area contributed by atoms with Gasteiger partial charge < -0.3 is 9.94 Å². The molecule has 84 valence electrons. The zero-order valence-corrected chi connectivity index (χ0v) is 9.16. The van der Waals surface area contributed by atoms with Gasteiger partial charge in [-0.3, -0.25) is 4.79 Å². The molecule has 0 bridgehead atoms. The van der Waals surface area contributed by atoms with Crippen molar-refractivity contribution >= 4 is 18.4 Å². The van der Waals surface area contributed by atoms with Gasteiger partial charge in [-0.15, -0.1) is 12.4 Å². The number of rotatable bonds is 3. The van der Waals surface area contributed by atoms with Gasteiger partial charge >= 0.3 is 5.97 Å². The quantitative estimate of drug-likeness (QED) is 0.777. The number of phenolic OH excluding ortho intramolecular Hbond substituents is 1. The van der Waals surface area contributed by atoms with Crippen molar-refractivity contribution in [3.63, 3.8) is 0 Å². The molecular formula is C10H14ClNO3. The van der Waals surface area contributed by atoms with Crippen molar-refractivity contribution < 1.29 is 14.7 Å². The van der Waals surface area contributed by atoms with E-state index >= 15 is 0 Å². The number of aromatic hydroxyl groups is 1. The SMILES string of the molecule is CC(CC(=O)ON)c1ccc(O)cc1.Cl. The number of carbonyl (C=O) groups excluding carboxylic acids is 1. The van der Waals surface area contributed by atoms with Crippen molar-refractivity contribution in [2.45, 2.75) is 19.3 Å². The maximum Gasteiger partial charge on any atom is 0.325 e. The molecule has 1 rings (SSSR count). The summed E-state index contributed by atoms with van der Waals surface area (Å²) in [5.41, 5.74) is 0.966. The van der Waals surface area contributed by atoms with E-state index < -0.39 is 5.97 Å². The Labute approximate surface area is 94.4 Å². The van der Waals surface area contributed by atoms with Crippen LogP contribution in [0.5, 0.6) is 5.75 Å². The lowest BCUT2D eigenvalue weighted by Crippen LogP contribution is -2.12. The second-order valence-electron chi connectivity index (χ2n) is 3.19. The van der Waals surface area contributed by atoms with E-state index in [1.54, 1.807) is 24.3 Å². The summed E-state index contributed by atoms with van der Waals surface area (Å²) in [5, 5.41) is 9.05. The Kier molecular flexibility index (Phi) is 5.74. The molecule has 3 N–H and O–H groups in total. The van der Waals surface area contributed by atoms with Crippen LogP contribution in [0.3, 0.4) is 0 Å². The first-order valence-electron chi connectivity index (χ1n) is 4.32. The Bertz CT molecular complexity index is 313. The fourth-order valence-corrected chi connectivity index (χ4v) is 1.22. The van der Waals surface area contributed by atoms with Crippen LogP contribution >= 0.6 is 12.4 Å². The van der Waals surface area contributed by atoms with E-state index in [0.717, 1.165) is 5.56 Å². The smallest absolute Gasteiger partial charge is 0.325 e. The zero-order valence-electron chi connectivity index (χ0n) is 8.34. The molecule has 4 nitrogen and oxygen atoms in total. The number of carbonyl (C=O) groups is 1. The molecule has 0 fully saturated rings. The maximum absolute atomic E-state index is 10.9. The van der Waals surface area contributed by atoms with E-state index in [1.165, 1.54) is 0 Å². The van der Waals surface area contributed by atoms with Gasteiger partial charge in [0.15, 0.2) is 0 Å². The monoisotopic (exact) mass is 231 g/mol. The standard InChI is InChI=1S/C10H13NO3.ClH/c1-7(6-10(13)14-11)8-2-4-9(12)5-3-8;/h2-5,7,12H,6,11H2,1H3;1H. The molecule has 1 aromatic rings. The van der Waals surface area contributed by atoms with E-state index in [2.05, 4.69) is 4.84 Å². The first-order valence-corrected chi connectivity index (χ1v) is 4.32. The third-order valence-corrected chi connectivity index (χ3v) is 2.07. The molecule has 0 heterocycles. The number of phenols is 1. The van der Waals surface area contributed by atoms with Crippen molar-refractivity contribution in [3.8, 4) is 5.75 Å². The predicted molar refractivity (Wildman–Crippen MR) is 58.7 cm³/mol. The van der Waals surface area contributed by atoms with Crippen LogP contribution in [0.15, 0.2) is 24.3 Å². The van der Waals surface area contributed by atoms with Crippen LogP contribution in [-0.2, 0) is 9.63 Å². The van der Waals surface area contributed by atoms with Crippen LogP contribution in [0.1, 0.15) is 24.8 Å². The topological polar surface area (TPSA) is 72.5 Å². The lowest BCUT2D eigenvalue weighted by Gasteiger charge is -2.09. The highest BCUT2D eigenvalue weighted by atomic mass is 35.5. The summed E-state index contributed by atoms with van der Waals surface area (Å²) < 4.78 is 0. The molecule has 0 spiro atoms. The average molecular weight is 232 g/mol. The van der Waals surface area contributed by atoms with Gasteiger partial charge in [0.25, 0.3) is 0 Å². The molecule has 0 radical (unpaired) electrons. The second-order valence-corrected chi connectivity index (χ2v) is 3.19. The summed E-state index contributed by atoms with van der Waals surface area (Å²) in [6.07, 6.45) is 0.237. The first kappa shape index (κ1) is 13.7. The fraction of sp³-hybridized carbons (Fsp3) is 0.300. The molecular weight excluding hydrogens is 218 g/mol. The van der Waals surface area contributed by atoms with E-state index in [-0.39, 0.29) is 30.5 Å². The molecule has 0 amide bonds. The highest BCUT2D eigenvalue weighted by Gasteiger charge is 2.11. The van der Waals surface area contributed by atoms with E-state index in [0.29, 0.717) is 0 Å². The third kappa shape index (κ3) is 4.18. The van der Waals surface area contributed by atoms with Gasteiger partial charge in [0, 0.05) is 0 Å². The van der Waals surface area contributed by atoms with Crippen molar-refractivity contribution in [1.82, 2.24) is 0 Å². The summed E-state index contributed by atoms with van der Waals surface area (Å²) in [7, 11) is 0. The lowest BCUT2D eigenvalue weighted by molar-refractivity contribution is -0.144. The van der Waals surface area contributed by atoms with Crippen LogP contribution in [0, 0.1) is 0 Å². The van der Waals surface area contributed by atoms with Crippen molar-refractivity contribution in [3.05, 3.63) is 29.8 Å². The minimum Gasteiger partial charge on any atom is -0.508 e. The highest BCUT2D eigenvalue weighted by Crippen LogP contribution is 2.21. The largest absolute Gasteiger partial charge is 0.508 e. The van der Waals surface area contributed by atoms with Crippen molar-refractivity contribution in [2.75, 3.05) is 0 Å². The third-order valence-electron chi connectivity index (χ3n) is 2.07. The normalized spacial score (nSPS) is 11.3. The van der Waals surface area contributed by atoms with Gasteiger partial charge in [0.2, 0.25) is 0 Å². The zero-order chi connectivity index (χ0) is 10.6. The molecule has 0 aliphatic rings. The molecule has 15 heavy (non-hydrogen) atoms. The van der Waals surface area contributed by atoms with Gasteiger partial charge in [0.05, 0.1) is 6.42 Å². The summed E-state index contributed by atoms with van der Waals surface area (Å²) in [4.78, 5) is 14.9. The summed E-state index contributed by atoms with van der Waals surface area (Å²) in [6.45, 7) is 1.89. The number of hydrogen-bond donors (Lipinski definition) is 2. The number of nitrogens with two attached hydrogens (primary N) is 1. The molecule has 1 unspecified atom stereocenters. The number of benzene rings is 1. The Morgan fingerprint density at radius 3 is 2.47 bits per heavy atom. The van der Waals surface area contributed by atoms with Crippen molar-refractivity contribution in [2.24, 2.45) is 5.90 Å². The van der Waals surface area contributed by atoms with Gasteiger partial charge in [-0.1, -0.05) is 19.1 Å². The van der Waals surface area contributed by atoms with Crippen LogP contribution in [0.2, 0.25) is 0 Å². The summed E-state index contributed by atoms with van der Waals surface area (Å²) >= 11 is 0. The summed E-state index contributed by atoms with van der Waals surface area (Å²) in [6, 6.07) is 6.70. The Hall–Kier alpha value is -1.26. The lowest BCUT2D eigenvalue weighted by atomic mass is 9.98. The second kappa shape index (κ2) is 6.27. The van der Waals surface area contributed by atoms with Crippen LogP contribution in [0.25, 0.3) is 0 Å². The predicted octanol–water partition coefficient (Wildman–Crippen LogP) is 1.72. The molecule has 1 atom stereocenters. The average Bonchev–Trinajstić information content (AvgIpc) is 2.18. The van der Waals surface area contributed by atoms with Gasteiger partial charge in [0.1, 0.15) is 5.75 Å². The Morgan fingerprint density at radius 2 is 2.00 bits per heavy atom. The van der Waals surface area contributed by atoms with Crippen LogP contribution in [-0.4, -0.2) is 11.1 Å². The molecule has 0 saturated carbocycles. The van der Waals surface area contributed by atoms with Crippen molar-refractivity contribution in [1.29, 1.82) is 0 Å². The van der Waals surface area contributed by atoms with E-state index in [9.17, 15) is 4.79 Å².